The number of methoxy groups -OCH3 is 1. The van der Waals surface area contributed by atoms with Crippen LogP contribution >= 0.6 is 11.8 Å². The third kappa shape index (κ3) is 3.89. The predicted molar refractivity (Wildman–Crippen MR) is 91.4 cm³/mol. The number of hydrogen-bond donors (Lipinski definition) is 0. The van der Waals surface area contributed by atoms with Crippen LogP contribution in [0.4, 0.5) is 5.69 Å². The van der Waals surface area contributed by atoms with Crippen molar-refractivity contribution in [1.29, 1.82) is 5.26 Å². The van der Waals surface area contributed by atoms with Gasteiger partial charge in [-0.15, -0.1) is 0 Å². The molecule has 1 heterocycles. The maximum Gasteiger partial charge on any atom is 0.352 e. The number of anilines is 1. The van der Waals surface area contributed by atoms with Crippen molar-refractivity contribution in [1.82, 2.24) is 0 Å². The molecule has 0 bridgehead atoms. The van der Waals surface area contributed by atoms with Gasteiger partial charge in [-0.2, -0.15) is 5.26 Å². The molecule has 126 valence electrons. The fourth-order valence-corrected chi connectivity index (χ4v) is 3.06. The summed E-state index contributed by atoms with van der Waals surface area (Å²) < 4.78 is 10.4. The van der Waals surface area contributed by atoms with Crippen LogP contribution in [0.1, 0.15) is 20.8 Å². The maximum atomic E-state index is 12.3. The van der Waals surface area contributed by atoms with Gasteiger partial charge in [0.15, 0.2) is 5.57 Å². The van der Waals surface area contributed by atoms with Crippen LogP contribution in [0, 0.1) is 11.3 Å². The zero-order chi connectivity index (χ0) is 17.9. The standard InChI is InChI=1S/C17H18N2O4S/c1-17(2,3)23-16(21)13(9-18)15-19(14(20)10-24-15)11-5-7-12(22-4)8-6-11/h5-8H,10H2,1-4H3. The summed E-state index contributed by atoms with van der Waals surface area (Å²) in [6, 6.07) is 8.70. The molecular weight excluding hydrogens is 328 g/mol. The van der Waals surface area contributed by atoms with Crippen molar-refractivity contribution in [3.05, 3.63) is 34.9 Å². The lowest BCUT2D eigenvalue weighted by molar-refractivity contribution is -0.149. The lowest BCUT2D eigenvalue weighted by Gasteiger charge is -2.21. The fourth-order valence-electron chi connectivity index (χ4n) is 2.06. The van der Waals surface area contributed by atoms with E-state index in [0.717, 1.165) is 11.8 Å². The smallest absolute Gasteiger partial charge is 0.352 e. The Balaban J connectivity index is 2.43. The van der Waals surface area contributed by atoms with Crippen molar-refractivity contribution < 1.29 is 19.1 Å². The SMILES string of the molecule is COc1ccc(N2C(=O)CSC2=C(C#N)C(=O)OC(C)(C)C)cc1. The van der Waals surface area contributed by atoms with Crippen molar-refractivity contribution >= 4 is 29.3 Å². The van der Waals surface area contributed by atoms with E-state index in [9.17, 15) is 14.9 Å². The average Bonchev–Trinajstić information content (AvgIpc) is 2.88. The van der Waals surface area contributed by atoms with E-state index in [1.807, 2.05) is 6.07 Å². The van der Waals surface area contributed by atoms with Crippen LogP contribution < -0.4 is 9.64 Å². The monoisotopic (exact) mass is 346 g/mol. The van der Waals surface area contributed by atoms with E-state index < -0.39 is 11.6 Å². The summed E-state index contributed by atoms with van der Waals surface area (Å²) in [6.07, 6.45) is 0. The van der Waals surface area contributed by atoms with Crippen LogP contribution in [0.2, 0.25) is 0 Å². The normalized spacial score (nSPS) is 16.6. The summed E-state index contributed by atoms with van der Waals surface area (Å²) in [6.45, 7) is 5.16. The first-order valence-electron chi connectivity index (χ1n) is 7.24. The van der Waals surface area contributed by atoms with Crippen molar-refractivity contribution in [3.63, 3.8) is 0 Å². The Hall–Kier alpha value is -2.46. The molecule has 0 N–H and O–H groups in total. The number of carbonyl (C=O) groups excluding carboxylic acids is 2. The minimum Gasteiger partial charge on any atom is -0.497 e. The van der Waals surface area contributed by atoms with Gasteiger partial charge in [-0.3, -0.25) is 9.69 Å². The minimum absolute atomic E-state index is 0.162. The molecule has 1 amide bonds. The predicted octanol–water partition coefficient (Wildman–Crippen LogP) is 2.85. The maximum absolute atomic E-state index is 12.3. The topological polar surface area (TPSA) is 79.6 Å². The average molecular weight is 346 g/mol. The lowest BCUT2D eigenvalue weighted by Crippen LogP contribution is -2.28. The summed E-state index contributed by atoms with van der Waals surface area (Å²) in [5.41, 5.74) is -0.327. The first kappa shape index (κ1) is 17.9. The number of thioether (sulfide) groups is 1. The summed E-state index contributed by atoms with van der Waals surface area (Å²) in [5.74, 6) is -0.122. The van der Waals surface area contributed by atoms with Gasteiger partial charge in [0.25, 0.3) is 0 Å². The number of ether oxygens (including phenoxy) is 2. The van der Waals surface area contributed by atoms with Gasteiger partial charge in [0.1, 0.15) is 22.4 Å². The second kappa shape index (κ2) is 6.97. The molecule has 24 heavy (non-hydrogen) atoms. The molecule has 1 aliphatic rings. The molecule has 1 fully saturated rings. The summed E-state index contributed by atoms with van der Waals surface area (Å²) in [7, 11) is 1.55. The zero-order valence-electron chi connectivity index (χ0n) is 14.0. The van der Waals surface area contributed by atoms with Gasteiger partial charge in [0.05, 0.1) is 12.9 Å². The van der Waals surface area contributed by atoms with Gasteiger partial charge in [-0.1, -0.05) is 11.8 Å². The Morgan fingerprint density at radius 3 is 2.42 bits per heavy atom. The van der Waals surface area contributed by atoms with Crippen LogP contribution in [0.15, 0.2) is 34.9 Å². The summed E-state index contributed by atoms with van der Waals surface area (Å²) in [4.78, 5) is 25.9. The highest BCUT2D eigenvalue weighted by molar-refractivity contribution is 8.04. The van der Waals surface area contributed by atoms with E-state index >= 15 is 0 Å². The number of esters is 1. The van der Waals surface area contributed by atoms with E-state index in [-0.39, 0.29) is 17.2 Å². The van der Waals surface area contributed by atoms with Crippen molar-refractivity contribution in [2.45, 2.75) is 26.4 Å². The molecule has 1 aliphatic heterocycles. The molecule has 0 unspecified atom stereocenters. The van der Waals surface area contributed by atoms with E-state index in [4.69, 9.17) is 9.47 Å². The Kier molecular flexibility index (Phi) is 5.20. The van der Waals surface area contributed by atoms with Crippen molar-refractivity contribution in [3.8, 4) is 11.8 Å². The fraction of sp³-hybridized carbons (Fsp3) is 0.353. The lowest BCUT2D eigenvalue weighted by atomic mass is 10.2. The Morgan fingerprint density at radius 2 is 1.92 bits per heavy atom. The number of benzene rings is 1. The highest BCUT2D eigenvalue weighted by atomic mass is 32.2. The summed E-state index contributed by atoms with van der Waals surface area (Å²) in [5, 5.41) is 9.70. The first-order valence-corrected chi connectivity index (χ1v) is 8.23. The number of carbonyl (C=O) groups is 2. The molecule has 6 nitrogen and oxygen atoms in total. The molecular formula is C17H18N2O4S. The van der Waals surface area contributed by atoms with E-state index in [1.54, 1.807) is 52.1 Å². The first-order chi connectivity index (χ1) is 11.3. The molecule has 0 radical (unpaired) electrons. The van der Waals surface area contributed by atoms with Crippen molar-refractivity contribution in [2.75, 3.05) is 17.8 Å². The number of rotatable bonds is 3. The molecule has 0 atom stereocenters. The molecule has 1 aromatic carbocycles. The number of nitrogens with zero attached hydrogens (tertiary/aromatic N) is 2. The molecule has 0 aromatic heterocycles. The molecule has 0 aliphatic carbocycles. The third-order valence-electron chi connectivity index (χ3n) is 3.04. The zero-order valence-corrected chi connectivity index (χ0v) is 14.8. The van der Waals surface area contributed by atoms with Gasteiger partial charge < -0.3 is 9.47 Å². The summed E-state index contributed by atoms with van der Waals surface area (Å²) >= 11 is 1.15. The minimum atomic E-state index is -0.735. The van der Waals surface area contributed by atoms with Crippen LogP contribution in [-0.4, -0.2) is 30.3 Å². The Labute approximate surface area is 145 Å². The molecule has 1 saturated heterocycles. The highest BCUT2D eigenvalue weighted by Gasteiger charge is 2.34. The molecule has 2 rings (SSSR count). The highest BCUT2D eigenvalue weighted by Crippen LogP contribution is 2.37. The Bertz CT molecular complexity index is 726. The number of nitriles is 1. The van der Waals surface area contributed by atoms with E-state index in [2.05, 4.69) is 0 Å². The van der Waals surface area contributed by atoms with Gasteiger partial charge in [0.2, 0.25) is 5.91 Å². The largest absolute Gasteiger partial charge is 0.497 e. The molecule has 1 aromatic rings. The van der Waals surface area contributed by atoms with Crippen LogP contribution in [0.5, 0.6) is 5.75 Å². The quantitative estimate of drug-likeness (QED) is 0.476. The van der Waals surface area contributed by atoms with Crippen LogP contribution in [0.25, 0.3) is 0 Å². The van der Waals surface area contributed by atoms with Gasteiger partial charge in [-0.25, -0.2) is 4.79 Å². The molecule has 0 saturated carbocycles. The van der Waals surface area contributed by atoms with Gasteiger partial charge in [-0.05, 0) is 45.0 Å². The van der Waals surface area contributed by atoms with Crippen LogP contribution in [-0.2, 0) is 14.3 Å². The third-order valence-corrected chi connectivity index (χ3v) is 4.10. The van der Waals surface area contributed by atoms with Crippen molar-refractivity contribution in [2.24, 2.45) is 0 Å². The number of hydrogen-bond acceptors (Lipinski definition) is 6. The number of amides is 1. The Morgan fingerprint density at radius 1 is 1.29 bits per heavy atom. The molecule has 7 heteroatoms. The molecule has 0 spiro atoms. The second-order valence-electron chi connectivity index (χ2n) is 6.01. The van der Waals surface area contributed by atoms with E-state index in [1.165, 1.54) is 4.90 Å². The van der Waals surface area contributed by atoms with Gasteiger partial charge in [0, 0.05) is 5.69 Å². The van der Waals surface area contributed by atoms with E-state index in [0.29, 0.717) is 16.5 Å². The van der Waals surface area contributed by atoms with Gasteiger partial charge >= 0.3 is 5.97 Å². The second-order valence-corrected chi connectivity index (χ2v) is 6.97. The van der Waals surface area contributed by atoms with Crippen LogP contribution in [0.3, 0.4) is 0 Å².